The number of hydrogen-bond donors (Lipinski definition) is 1. The molecule has 0 amide bonds. The molecule has 2 rings (SSSR count). The lowest BCUT2D eigenvalue weighted by Crippen LogP contribution is -2.14. The van der Waals surface area contributed by atoms with Gasteiger partial charge >= 0.3 is 0 Å². The zero-order valence-corrected chi connectivity index (χ0v) is 9.90. The minimum Gasteiger partial charge on any atom is -0.372 e. The Morgan fingerprint density at radius 3 is 2.93 bits per heavy atom. The average molecular weight is 221 g/mol. The maximum atomic E-state index is 8.99. The number of aromatic nitrogens is 1. The van der Waals surface area contributed by atoms with Gasteiger partial charge in [-0.1, -0.05) is 6.92 Å². The van der Waals surface area contributed by atoms with Gasteiger partial charge in [0.1, 0.15) is 16.6 Å². The Kier molecular flexibility index (Phi) is 2.92. The van der Waals surface area contributed by atoms with E-state index in [9.17, 15) is 0 Å². The van der Waals surface area contributed by atoms with Crippen LogP contribution >= 0.6 is 11.5 Å². The van der Waals surface area contributed by atoms with Crippen LogP contribution in [-0.4, -0.2) is 10.4 Å². The van der Waals surface area contributed by atoms with E-state index in [4.69, 9.17) is 5.26 Å². The Morgan fingerprint density at radius 1 is 1.53 bits per heavy atom. The van der Waals surface area contributed by atoms with Gasteiger partial charge in [0.2, 0.25) is 0 Å². The van der Waals surface area contributed by atoms with Crippen molar-refractivity contribution in [2.24, 2.45) is 5.92 Å². The van der Waals surface area contributed by atoms with E-state index < -0.39 is 0 Å². The first-order valence-corrected chi connectivity index (χ1v) is 6.11. The summed E-state index contributed by atoms with van der Waals surface area (Å²) in [5.74, 6) is 0.807. The molecular weight excluding hydrogens is 206 g/mol. The SMILES string of the molecule is Cc1nsc(NC2CCC(C)C2)c1C#N. The smallest absolute Gasteiger partial charge is 0.127 e. The van der Waals surface area contributed by atoms with E-state index in [1.54, 1.807) is 0 Å². The summed E-state index contributed by atoms with van der Waals surface area (Å²) in [6, 6.07) is 2.75. The zero-order chi connectivity index (χ0) is 10.8. The first-order chi connectivity index (χ1) is 7.20. The van der Waals surface area contributed by atoms with Crippen LogP contribution in [0.25, 0.3) is 0 Å². The third-order valence-corrected chi connectivity index (χ3v) is 3.87. The summed E-state index contributed by atoms with van der Waals surface area (Å²) in [5, 5.41) is 13.4. The van der Waals surface area contributed by atoms with E-state index in [0.29, 0.717) is 6.04 Å². The van der Waals surface area contributed by atoms with E-state index in [1.807, 2.05) is 6.92 Å². The minimum absolute atomic E-state index is 0.534. The van der Waals surface area contributed by atoms with Crippen molar-refractivity contribution in [2.45, 2.75) is 39.2 Å². The lowest BCUT2D eigenvalue weighted by Gasteiger charge is -2.11. The van der Waals surface area contributed by atoms with Crippen LogP contribution in [0, 0.1) is 24.2 Å². The normalized spacial score (nSPS) is 25.1. The fourth-order valence-electron chi connectivity index (χ4n) is 2.12. The molecule has 0 spiro atoms. The number of nitrogens with zero attached hydrogens (tertiary/aromatic N) is 2. The number of hydrogen-bond acceptors (Lipinski definition) is 4. The van der Waals surface area contributed by atoms with Crippen molar-refractivity contribution in [1.29, 1.82) is 5.26 Å². The van der Waals surface area contributed by atoms with Crippen LogP contribution in [0.15, 0.2) is 0 Å². The summed E-state index contributed by atoms with van der Waals surface area (Å²) >= 11 is 1.41. The van der Waals surface area contributed by atoms with E-state index in [1.165, 1.54) is 30.8 Å². The lowest BCUT2D eigenvalue weighted by molar-refractivity contribution is 0.603. The third kappa shape index (κ3) is 2.13. The van der Waals surface area contributed by atoms with Crippen molar-refractivity contribution in [2.75, 3.05) is 5.32 Å². The van der Waals surface area contributed by atoms with Gasteiger partial charge in [0, 0.05) is 6.04 Å². The molecule has 80 valence electrons. The van der Waals surface area contributed by atoms with Crippen LogP contribution in [0.4, 0.5) is 5.00 Å². The molecule has 1 aliphatic rings. The second kappa shape index (κ2) is 4.19. The summed E-state index contributed by atoms with van der Waals surface area (Å²) in [6.45, 7) is 4.17. The number of nitriles is 1. The van der Waals surface area contributed by atoms with Crippen LogP contribution in [-0.2, 0) is 0 Å². The molecule has 2 atom stereocenters. The first-order valence-electron chi connectivity index (χ1n) is 5.33. The first kappa shape index (κ1) is 10.4. The Balaban J connectivity index is 2.08. The van der Waals surface area contributed by atoms with Gasteiger partial charge in [-0.15, -0.1) is 0 Å². The Bertz CT molecular complexity index is 391. The van der Waals surface area contributed by atoms with Gasteiger partial charge in [0.25, 0.3) is 0 Å². The standard InChI is InChI=1S/C11H15N3S/c1-7-3-4-9(5-7)13-11-10(6-12)8(2)14-15-11/h7,9,13H,3-5H2,1-2H3. The summed E-state index contributed by atoms with van der Waals surface area (Å²) in [7, 11) is 0. The van der Waals surface area contributed by atoms with Gasteiger partial charge in [0.15, 0.2) is 0 Å². The molecule has 15 heavy (non-hydrogen) atoms. The van der Waals surface area contributed by atoms with Crippen molar-refractivity contribution in [3.8, 4) is 6.07 Å². The molecule has 0 bridgehead atoms. The second-order valence-electron chi connectivity index (χ2n) is 4.34. The van der Waals surface area contributed by atoms with Crippen LogP contribution in [0.2, 0.25) is 0 Å². The molecule has 1 N–H and O–H groups in total. The lowest BCUT2D eigenvalue weighted by atomic mass is 10.1. The molecule has 1 aliphatic carbocycles. The van der Waals surface area contributed by atoms with Gasteiger partial charge in [-0.25, -0.2) is 0 Å². The van der Waals surface area contributed by atoms with Crippen molar-refractivity contribution >= 4 is 16.5 Å². The van der Waals surface area contributed by atoms with Gasteiger partial charge in [0.05, 0.1) is 5.69 Å². The van der Waals surface area contributed by atoms with Crippen molar-refractivity contribution in [3.05, 3.63) is 11.3 Å². The molecule has 0 saturated heterocycles. The molecule has 1 heterocycles. The predicted octanol–water partition coefficient (Wildman–Crippen LogP) is 2.92. The summed E-state index contributed by atoms with van der Waals surface area (Å²) in [4.78, 5) is 0. The highest BCUT2D eigenvalue weighted by molar-refractivity contribution is 7.10. The van der Waals surface area contributed by atoms with E-state index in [0.717, 1.165) is 22.2 Å². The topological polar surface area (TPSA) is 48.7 Å². The number of aryl methyl sites for hydroxylation is 1. The van der Waals surface area contributed by atoms with Crippen LogP contribution in [0.5, 0.6) is 0 Å². The van der Waals surface area contributed by atoms with Crippen LogP contribution in [0.3, 0.4) is 0 Å². The van der Waals surface area contributed by atoms with Crippen molar-refractivity contribution < 1.29 is 0 Å². The molecular formula is C11H15N3S. The highest BCUT2D eigenvalue weighted by atomic mass is 32.1. The summed E-state index contributed by atoms with van der Waals surface area (Å²) < 4.78 is 4.21. The largest absolute Gasteiger partial charge is 0.372 e. The Labute approximate surface area is 94.3 Å². The Morgan fingerprint density at radius 2 is 2.33 bits per heavy atom. The molecule has 1 aromatic heterocycles. The van der Waals surface area contributed by atoms with E-state index in [-0.39, 0.29) is 0 Å². The quantitative estimate of drug-likeness (QED) is 0.835. The molecule has 2 unspecified atom stereocenters. The molecule has 1 saturated carbocycles. The number of nitrogens with one attached hydrogen (secondary N) is 1. The molecule has 0 aromatic carbocycles. The number of anilines is 1. The van der Waals surface area contributed by atoms with Gasteiger partial charge in [-0.2, -0.15) is 9.64 Å². The van der Waals surface area contributed by atoms with Crippen LogP contribution in [0.1, 0.15) is 37.4 Å². The Hall–Kier alpha value is -1.08. The third-order valence-electron chi connectivity index (χ3n) is 3.00. The van der Waals surface area contributed by atoms with Crippen LogP contribution < -0.4 is 5.32 Å². The van der Waals surface area contributed by atoms with Gasteiger partial charge < -0.3 is 5.32 Å². The molecule has 4 heteroatoms. The minimum atomic E-state index is 0.534. The van der Waals surface area contributed by atoms with E-state index >= 15 is 0 Å². The summed E-state index contributed by atoms with van der Waals surface area (Å²) in [5.41, 5.74) is 1.57. The highest BCUT2D eigenvalue weighted by Gasteiger charge is 2.22. The fourth-order valence-corrected chi connectivity index (χ4v) is 2.95. The fraction of sp³-hybridized carbons (Fsp3) is 0.636. The monoisotopic (exact) mass is 221 g/mol. The molecule has 0 aliphatic heterocycles. The molecule has 1 fully saturated rings. The maximum Gasteiger partial charge on any atom is 0.127 e. The number of rotatable bonds is 2. The molecule has 1 aromatic rings. The maximum absolute atomic E-state index is 8.99. The van der Waals surface area contributed by atoms with Gasteiger partial charge in [-0.3, -0.25) is 0 Å². The molecule has 3 nitrogen and oxygen atoms in total. The molecule has 0 radical (unpaired) electrons. The van der Waals surface area contributed by atoms with Crippen molar-refractivity contribution in [1.82, 2.24) is 4.37 Å². The van der Waals surface area contributed by atoms with E-state index in [2.05, 4.69) is 22.7 Å². The average Bonchev–Trinajstić information content (AvgIpc) is 2.75. The second-order valence-corrected chi connectivity index (χ2v) is 5.12. The highest BCUT2D eigenvalue weighted by Crippen LogP contribution is 2.31. The summed E-state index contributed by atoms with van der Waals surface area (Å²) in [6.07, 6.45) is 3.71. The van der Waals surface area contributed by atoms with Gasteiger partial charge in [-0.05, 0) is 43.6 Å². The zero-order valence-electron chi connectivity index (χ0n) is 9.08. The predicted molar refractivity (Wildman–Crippen MR) is 62.0 cm³/mol. The van der Waals surface area contributed by atoms with Crippen molar-refractivity contribution in [3.63, 3.8) is 0 Å².